The maximum absolute atomic E-state index is 9.94. The molecule has 3 nitrogen and oxygen atoms in total. The largest absolute Gasteiger partial charge is 0.396 e. The minimum atomic E-state index is 0.217. The number of aliphatic hydroxyl groups excluding tert-OH is 1. The van der Waals surface area contributed by atoms with E-state index in [-0.39, 0.29) is 5.41 Å². The van der Waals surface area contributed by atoms with E-state index in [4.69, 9.17) is 0 Å². The van der Waals surface area contributed by atoms with Gasteiger partial charge in [-0.25, -0.2) is 0 Å². The maximum atomic E-state index is 9.94. The second-order valence-electron chi connectivity index (χ2n) is 7.59. The van der Waals surface area contributed by atoms with Gasteiger partial charge in [-0.2, -0.15) is 0 Å². The smallest absolute Gasteiger partial charge is 0.0499 e. The van der Waals surface area contributed by atoms with Crippen LogP contribution >= 0.6 is 0 Å². The van der Waals surface area contributed by atoms with Crippen molar-refractivity contribution in [3.8, 4) is 0 Å². The first kappa shape index (κ1) is 14.8. The van der Waals surface area contributed by atoms with Crippen molar-refractivity contribution in [1.29, 1.82) is 0 Å². The summed E-state index contributed by atoms with van der Waals surface area (Å²) in [6.45, 7) is 7.81. The molecule has 0 atom stereocenters. The monoisotopic (exact) mass is 280 g/mol. The Hall–Kier alpha value is -0.120. The van der Waals surface area contributed by atoms with Gasteiger partial charge in [0.2, 0.25) is 0 Å². The Morgan fingerprint density at radius 1 is 0.850 bits per heavy atom. The molecule has 3 rings (SSSR count). The summed E-state index contributed by atoms with van der Waals surface area (Å²) >= 11 is 0. The molecule has 20 heavy (non-hydrogen) atoms. The highest BCUT2D eigenvalue weighted by Crippen LogP contribution is 2.36. The average molecular weight is 280 g/mol. The van der Waals surface area contributed by atoms with Crippen LogP contribution < -0.4 is 0 Å². The molecule has 1 heterocycles. The summed E-state index contributed by atoms with van der Waals surface area (Å²) in [6.07, 6.45) is 10.8. The van der Waals surface area contributed by atoms with E-state index in [1.54, 1.807) is 0 Å². The van der Waals surface area contributed by atoms with Crippen molar-refractivity contribution in [3.63, 3.8) is 0 Å². The van der Waals surface area contributed by atoms with E-state index < -0.39 is 0 Å². The van der Waals surface area contributed by atoms with E-state index in [1.807, 2.05) is 0 Å². The second-order valence-corrected chi connectivity index (χ2v) is 7.59. The number of hydrogen-bond donors (Lipinski definition) is 1. The van der Waals surface area contributed by atoms with Gasteiger partial charge < -0.3 is 14.9 Å². The fourth-order valence-electron chi connectivity index (χ4n) is 4.11. The van der Waals surface area contributed by atoms with Gasteiger partial charge >= 0.3 is 0 Å². The summed E-state index contributed by atoms with van der Waals surface area (Å²) in [5, 5.41) is 9.94. The summed E-state index contributed by atoms with van der Waals surface area (Å²) < 4.78 is 0. The lowest BCUT2D eigenvalue weighted by Crippen LogP contribution is -2.51. The van der Waals surface area contributed by atoms with Gasteiger partial charge in [-0.15, -0.1) is 0 Å². The Morgan fingerprint density at radius 2 is 1.45 bits per heavy atom. The zero-order chi connectivity index (χ0) is 13.8. The summed E-state index contributed by atoms with van der Waals surface area (Å²) in [7, 11) is 0. The van der Waals surface area contributed by atoms with Gasteiger partial charge in [0.1, 0.15) is 0 Å². The number of hydrogen-bond acceptors (Lipinski definition) is 3. The molecule has 0 spiro atoms. The number of rotatable bonds is 5. The van der Waals surface area contributed by atoms with Crippen LogP contribution in [-0.2, 0) is 0 Å². The van der Waals surface area contributed by atoms with E-state index >= 15 is 0 Å². The third kappa shape index (κ3) is 3.96. The van der Waals surface area contributed by atoms with E-state index in [0.29, 0.717) is 6.61 Å². The predicted octanol–water partition coefficient (Wildman–Crippen LogP) is 2.35. The molecule has 116 valence electrons. The summed E-state index contributed by atoms with van der Waals surface area (Å²) in [5.74, 6) is 1.02. The van der Waals surface area contributed by atoms with Gasteiger partial charge in [0.25, 0.3) is 0 Å². The van der Waals surface area contributed by atoms with Crippen molar-refractivity contribution in [2.45, 2.75) is 51.4 Å². The second kappa shape index (κ2) is 6.76. The van der Waals surface area contributed by atoms with Crippen LogP contribution in [-0.4, -0.2) is 60.8 Å². The molecule has 0 aromatic heterocycles. The van der Waals surface area contributed by atoms with E-state index in [2.05, 4.69) is 9.80 Å². The van der Waals surface area contributed by atoms with Crippen LogP contribution in [0.4, 0.5) is 0 Å². The van der Waals surface area contributed by atoms with Crippen LogP contribution in [0.15, 0.2) is 0 Å². The van der Waals surface area contributed by atoms with Crippen molar-refractivity contribution in [2.75, 3.05) is 45.9 Å². The van der Waals surface area contributed by atoms with Gasteiger partial charge in [-0.3, -0.25) is 0 Å². The highest BCUT2D eigenvalue weighted by atomic mass is 16.3. The van der Waals surface area contributed by atoms with E-state index in [1.165, 1.54) is 84.1 Å². The van der Waals surface area contributed by atoms with Gasteiger partial charge in [-0.1, -0.05) is 25.7 Å². The maximum Gasteiger partial charge on any atom is 0.0499 e. The molecule has 2 saturated carbocycles. The lowest BCUT2D eigenvalue weighted by Gasteiger charge is -2.41. The van der Waals surface area contributed by atoms with Crippen LogP contribution in [0.25, 0.3) is 0 Å². The Kier molecular flexibility index (Phi) is 5.00. The molecule has 0 unspecified atom stereocenters. The quantitative estimate of drug-likeness (QED) is 0.783. The SMILES string of the molecule is OCC1(CN2CCN(CC3CC3)CC2)CCCCCC1. The van der Waals surface area contributed by atoms with Crippen molar-refractivity contribution in [1.82, 2.24) is 9.80 Å². The molecule has 0 amide bonds. The Bertz CT molecular complexity index is 287. The fourth-order valence-corrected chi connectivity index (χ4v) is 4.11. The minimum absolute atomic E-state index is 0.217. The molecule has 0 bridgehead atoms. The highest BCUT2D eigenvalue weighted by molar-refractivity contribution is 4.87. The van der Waals surface area contributed by atoms with Gasteiger partial charge in [-0.05, 0) is 31.6 Å². The normalized spacial score (nSPS) is 29.2. The van der Waals surface area contributed by atoms with E-state index in [9.17, 15) is 5.11 Å². The molecule has 1 N–H and O–H groups in total. The van der Waals surface area contributed by atoms with Crippen molar-refractivity contribution >= 4 is 0 Å². The average Bonchev–Trinajstić information content (AvgIpc) is 3.29. The first-order valence-corrected chi connectivity index (χ1v) is 8.85. The topological polar surface area (TPSA) is 26.7 Å². The predicted molar refractivity (Wildman–Crippen MR) is 82.8 cm³/mol. The summed E-state index contributed by atoms with van der Waals surface area (Å²) in [4.78, 5) is 5.29. The Labute approximate surface area is 124 Å². The molecular weight excluding hydrogens is 248 g/mol. The summed E-state index contributed by atoms with van der Waals surface area (Å²) in [6, 6.07) is 0. The van der Waals surface area contributed by atoms with Crippen molar-refractivity contribution < 1.29 is 5.11 Å². The first-order valence-electron chi connectivity index (χ1n) is 8.85. The molecule has 2 aliphatic carbocycles. The Morgan fingerprint density at radius 3 is 2.00 bits per heavy atom. The molecule has 0 radical (unpaired) electrons. The van der Waals surface area contributed by atoms with Crippen LogP contribution in [0.2, 0.25) is 0 Å². The molecule has 1 saturated heterocycles. The fraction of sp³-hybridized carbons (Fsp3) is 1.00. The van der Waals surface area contributed by atoms with Gasteiger partial charge in [0, 0.05) is 51.3 Å². The lowest BCUT2D eigenvalue weighted by molar-refractivity contribution is 0.0351. The van der Waals surface area contributed by atoms with Gasteiger partial charge in [0.05, 0.1) is 0 Å². The van der Waals surface area contributed by atoms with Crippen LogP contribution in [0.5, 0.6) is 0 Å². The molecule has 3 heteroatoms. The molecular formula is C17H32N2O. The number of aliphatic hydroxyl groups is 1. The Balaban J connectivity index is 1.46. The van der Waals surface area contributed by atoms with Crippen LogP contribution in [0.3, 0.4) is 0 Å². The third-order valence-corrected chi connectivity index (χ3v) is 5.74. The zero-order valence-corrected chi connectivity index (χ0v) is 13.0. The van der Waals surface area contributed by atoms with Crippen molar-refractivity contribution in [3.05, 3.63) is 0 Å². The molecule has 0 aromatic carbocycles. The standard InChI is InChI=1S/C17H32N2O/c20-15-17(7-3-1-2-4-8-17)14-19-11-9-18(10-12-19)13-16-5-6-16/h16,20H,1-15H2. The van der Waals surface area contributed by atoms with Crippen molar-refractivity contribution in [2.24, 2.45) is 11.3 Å². The minimum Gasteiger partial charge on any atom is -0.396 e. The number of nitrogens with zero attached hydrogens (tertiary/aromatic N) is 2. The summed E-state index contributed by atoms with van der Waals surface area (Å²) in [5.41, 5.74) is 0.217. The van der Waals surface area contributed by atoms with Crippen LogP contribution in [0.1, 0.15) is 51.4 Å². The number of piperazine rings is 1. The lowest BCUT2D eigenvalue weighted by atomic mass is 9.80. The molecule has 3 aliphatic rings. The molecule has 1 aliphatic heterocycles. The first-order chi connectivity index (χ1) is 9.80. The molecule has 3 fully saturated rings. The zero-order valence-electron chi connectivity index (χ0n) is 13.0. The van der Waals surface area contributed by atoms with Crippen LogP contribution in [0, 0.1) is 11.3 Å². The van der Waals surface area contributed by atoms with Gasteiger partial charge in [0.15, 0.2) is 0 Å². The third-order valence-electron chi connectivity index (χ3n) is 5.74. The highest BCUT2D eigenvalue weighted by Gasteiger charge is 2.34. The van der Waals surface area contributed by atoms with E-state index in [0.717, 1.165) is 12.5 Å². The molecule has 0 aromatic rings.